The molecule has 128 valence electrons. The minimum atomic E-state index is 0.166. The van der Waals surface area contributed by atoms with Crippen LogP contribution in [0.3, 0.4) is 0 Å². The maximum atomic E-state index is 11.4. The van der Waals surface area contributed by atoms with E-state index in [2.05, 4.69) is 33.6 Å². The fraction of sp³-hybridized carbons (Fsp3) is 0.444. The van der Waals surface area contributed by atoms with E-state index in [0.29, 0.717) is 6.54 Å². The Bertz CT molecular complexity index is 690. The van der Waals surface area contributed by atoms with Gasteiger partial charge >= 0.3 is 0 Å². The first kappa shape index (κ1) is 16.5. The lowest BCUT2D eigenvalue weighted by atomic mass is 10.1. The summed E-state index contributed by atoms with van der Waals surface area (Å²) in [5, 5.41) is 7.35. The van der Waals surface area contributed by atoms with E-state index in [0.717, 1.165) is 49.9 Å². The number of anilines is 1. The number of rotatable bonds is 5. The van der Waals surface area contributed by atoms with Crippen LogP contribution >= 0.6 is 0 Å². The molecule has 3 rings (SSSR count). The van der Waals surface area contributed by atoms with Crippen molar-refractivity contribution in [3.05, 3.63) is 47.3 Å². The zero-order chi connectivity index (χ0) is 16.9. The Hall–Kier alpha value is -2.34. The van der Waals surface area contributed by atoms with Crippen molar-refractivity contribution in [1.29, 1.82) is 0 Å². The van der Waals surface area contributed by atoms with Gasteiger partial charge in [0.15, 0.2) is 5.76 Å². The second-order valence-electron chi connectivity index (χ2n) is 6.23. The van der Waals surface area contributed by atoms with Gasteiger partial charge in [-0.1, -0.05) is 23.4 Å². The van der Waals surface area contributed by atoms with E-state index < -0.39 is 0 Å². The number of benzene rings is 1. The van der Waals surface area contributed by atoms with Crippen LogP contribution in [0.5, 0.6) is 0 Å². The Balaban J connectivity index is 1.59. The molecule has 0 spiro atoms. The van der Waals surface area contributed by atoms with Crippen LogP contribution < -0.4 is 5.32 Å². The number of hydrogen-bond donors (Lipinski definition) is 1. The summed E-state index contributed by atoms with van der Waals surface area (Å²) < 4.78 is 5.25. The number of hydrogen-bond acceptors (Lipinski definition) is 5. The maximum Gasteiger partial charge on any atom is 0.219 e. The number of aromatic nitrogens is 1. The molecule has 0 aliphatic carbocycles. The zero-order valence-electron chi connectivity index (χ0n) is 14.3. The van der Waals surface area contributed by atoms with Gasteiger partial charge in [-0.05, 0) is 18.6 Å². The molecule has 1 N–H and O–H groups in total. The van der Waals surface area contributed by atoms with Gasteiger partial charge in [0.2, 0.25) is 5.91 Å². The average Bonchev–Trinajstić information content (AvgIpc) is 3.00. The van der Waals surface area contributed by atoms with Crippen molar-refractivity contribution in [2.75, 3.05) is 31.5 Å². The molecule has 24 heavy (non-hydrogen) atoms. The van der Waals surface area contributed by atoms with Crippen LogP contribution in [0.4, 0.5) is 5.69 Å². The molecule has 1 saturated heterocycles. The molecule has 1 aliphatic heterocycles. The first-order valence-electron chi connectivity index (χ1n) is 8.33. The monoisotopic (exact) mass is 328 g/mol. The summed E-state index contributed by atoms with van der Waals surface area (Å²) in [7, 11) is 0. The molecule has 0 bridgehead atoms. The van der Waals surface area contributed by atoms with Crippen molar-refractivity contribution in [1.82, 2.24) is 15.0 Å². The Morgan fingerprint density at radius 3 is 2.67 bits per heavy atom. The van der Waals surface area contributed by atoms with Crippen molar-refractivity contribution >= 4 is 11.6 Å². The smallest absolute Gasteiger partial charge is 0.219 e. The van der Waals surface area contributed by atoms with Crippen LogP contribution in [0.25, 0.3) is 0 Å². The second kappa shape index (κ2) is 7.49. The SMILES string of the molecule is CC(=O)N1CCN(Cc2ccccc2NCc2cc(C)no2)CC1. The number of para-hydroxylation sites is 1. The first-order chi connectivity index (χ1) is 11.6. The van der Waals surface area contributed by atoms with Gasteiger partial charge < -0.3 is 14.7 Å². The van der Waals surface area contributed by atoms with E-state index >= 15 is 0 Å². The Morgan fingerprint density at radius 1 is 1.25 bits per heavy atom. The number of nitrogens with one attached hydrogen (secondary N) is 1. The van der Waals surface area contributed by atoms with E-state index in [9.17, 15) is 4.79 Å². The number of aryl methyl sites for hydroxylation is 1. The lowest BCUT2D eigenvalue weighted by molar-refractivity contribution is -0.130. The average molecular weight is 328 g/mol. The van der Waals surface area contributed by atoms with Gasteiger partial charge in [0.1, 0.15) is 0 Å². The second-order valence-corrected chi connectivity index (χ2v) is 6.23. The maximum absolute atomic E-state index is 11.4. The first-order valence-corrected chi connectivity index (χ1v) is 8.33. The molecule has 0 radical (unpaired) electrons. The van der Waals surface area contributed by atoms with Crippen molar-refractivity contribution < 1.29 is 9.32 Å². The highest BCUT2D eigenvalue weighted by molar-refractivity contribution is 5.73. The molecule has 0 atom stereocenters. The molecule has 1 aromatic heterocycles. The number of amides is 1. The van der Waals surface area contributed by atoms with Gasteiger partial charge in [0.25, 0.3) is 0 Å². The number of nitrogens with zero attached hydrogens (tertiary/aromatic N) is 3. The van der Waals surface area contributed by atoms with Crippen LogP contribution in [-0.4, -0.2) is 47.0 Å². The molecule has 0 unspecified atom stereocenters. The summed E-state index contributed by atoms with van der Waals surface area (Å²) in [6.07, 6.45) is 0. The quantitative estimate of drug-likeness (QED) is 0.912. The van der Waals surface area contributed by atoms with Gasteiger partial charge in [-0.25, -0.2) is 0 Å². The van der Waals surface area contributed by atoms with E-state index in [-0.39, 0.29) is 5.91 Å². The van der Waals surface area contributed by atoms with Crippen molar-refractivity contribution in [3.63, 3.8) is 0 Å². The minimum absolute atomic E-state index is 0.166. The lowest BCUT2D eigenvalue weighted by Gasteiger charge is -2.34. The Labute approximate surface area is 142 Å². The Kier molecular flexibility index (Phi) is 5.15. The third-order valence-electron chi connectivity index (χ3n) is 4.36. The van der Waals surface area contributed by atoms with Gasteiger partial charge in [-0.3, -0.25) is 9.69 Å². The fourth-order valence-electron chi connectivity index (χ4n) is 2.97. The van der Waals surface area contributed by atoms with Crippen molar-refractivity contribution in [2.45, 2.75) is 26.9 Å². The molecule has 6 heteroatoms. The minimum Gasteiger partial charge on any atom is -0.377 e. The number of carbonyl (C=O) groups is 1. The van der Waals surface area contributed by atoms with E-state index in [1.165, 1.54) is 5.56 Å². The molecule has 2 aromatic rings. The molecule has 1 amide bonds. The Morgan fingerprint density at radius 2 is 2.00 bits per heavy atom. The van der Waals surface area contributed by atoms with Crippen LogP contribution in [0.15, 0.2) is 34.9 Å². The highest BCUT2D eigenvalue weighted by Crippen LogP contribution is 2.19. The molecule has 1 fully saturated rings. The van der Waals surface area contributed by atoms with Gasteiger partial charge in [-0.15, -0.1) is 0 Å². The summed E-state index contributed by atoms with van der Waals surface area (Å²) in [5.41, 5.74) is 3.26. The molecule has 1 aromatic carbocycles. The van der Waals surface area contributed by atoms with Crippen LogP contribution in [0.1, 0.15) is 23.9 Å². The number of piperazine rings is 1. The topological polar surface area (TPSA) is 61.6 Å². The van der Waals surface area contributed by atoms with Gasteiger partial charge in [0.05, 0.1) is 12.2 Å². The van der Waals surface area contributed by atoms with Gasteiger partial charge in [0, 0.05) is 51.4 Å². The predicted molar refractivity (Wildman–Crippen MR) is 92.5 cm³/mol. The number of carbonyl (C=O) groups excluding carboxylic acids is 1. The van der Waals surface area contributed by atoms with Gasteiger partial charge in [-0.2, -0.15) is 0 Å². The predicted octanol–water partition coefficient (Wildman–Crippen LogP) is 2.26. The van der Waals surface area contributed by atoms with Crippen LogP contribution in [-0.2, 0) is 17.9 Å². The highest BCUT2D eigenvalue weighted by atomic mass is 16.5. The van der Waals surface area contributed by atoms with Crippen molar-refractivity contribution in [3.8, 4) is 0 Å². The fourth-order valence-corrected chi connectivity index (χ4v) is 2.97. The largest absolute Gasteiger partial charge is 0.377 e. The summed E-state index contributed by atoms with van der Waals surface area (Å²) in [6.45, 7) is 8.50. The summed E-state index contributed by atoms with van der Waals surface area (Å²) in [5.74, 6) is 0.997. The molecule has 2 heterocycles. The molecule has 1 aliphatic rings. The van der Waals surface area contributed by atoms with Crippen LogP contribution in [0, 0.1) is 6.92 Å². The van der Waals surface area contributed by atoms with E-state index in [1.807, 2.05) is 24.0 Å². The third-order valence-corrected chi connectivity index (χ3v) is 4.36. The van der Waals surface area contributed by atoms with Crippen LogP contribution in [0.2, 0.25) is 0 Å². The lowest BCUT2D eigenvalue weighted by Crippen LogP contribution is -2.47. The zero-order valence-corrected chi connectivity index (χ0v) is 14.3. The highest BCUT2D eigenvalue weighted by Gasteiger charge is 2.19. The summed E-state index contributed by atoms with van der Waals surface area (Å²) >= 11 is 0. The molecule has 6 nitrogen and oxygen atoms in total. The standard InChI is InChI=1S/C18H24N4O2/c1-14-11-17(24-20-14)12-19-18-6-4-3-5-16(18)13-21-7-9-22(10-8-21)15(2)23/h3-6,11,19H,7-10,12-13H2,1-2H3. The van der Waals surface area contributed by atoms with Crippen molar-refractivity contribution in [2.24, 2.45) is 0 Å². The molecular formula is C18H24N4O2. The molecule has 0 saturated carbocycles. The summed E-state index contributed by atoms with van der Waals surface area (Å²) in [6, 6.07) is 10.3. The molecular weight excluding hydrogens is 304 g/mol. The van der Waals surface area contributed by atoms with E-state index in [1.54, 1.807) is 6.92 Å². The normalized spacial score (nSPS) is 15.5. The third kappa shape index (κ3) is 4.14. The summed E-state index contributed by atoms with van der Waals surface area (Å²) in [4.78, 5) is 15.7. The van der Waals surface area contributed by atoms with E-state index in [4.69, 9.17) is 4.52 Å².